The zero-order chi connectivity index (χ0) is 23.4. The maximum absolute atomic E-state index is 13.8. The van der Waals surface area contributed by atoms with E-state index in [1.807, 2.05) is 6.92 Å². The van der Waals surface area contributed by atoms with Crippen LogP contribution in [0.25, 0.3) is 22.0 Å². The first kappa shape index (κ1) is 22.4. The number of carbonyl (C=O) groups is 1. The Bertz CT molecular complexity index is 1270. The number of aromatic amines is 1. The van der Waals surface area contributed by atoms with Crippen LogP contribution in [0.2, 0.25) is 0 Å². The summed E-state index contributed by atoms with van der Waals surface area (Å²) in [6.45, 7) is 2.15. The topological polar surface area (TPSA) is 91.3 Å². The van der Waals surface area contributed by atoms with Gasteiger partial charge in [0.25, 0.3) is 5.91 Å². The van der Waals surface area contributed by atoms with E-state index in [2.05, 4.69) is 15.2 Å². The molecule has 0 fully saturated rings. The molecule has 0 aliphatic heterocycles. The summed E-state index contributed by atoms with van der Waals surface area (Å²) in [7, 11) is 1.69. The number of benzene rings is 2. The number of nitrogens with one attached hydrogen (secondary N) is 1. The van der Waals surface area contributed by atoms with Crippen molar-refractivity contribution in [3.8, 4) is 16.9 Å². The predicted octanol–water partition coefficient (Wildman–Crippen LogP) is 4.36. The third kappa shape index (κ3) is 4.56. The summed E-state index contributed by atoms with van der Waals surface area (Å²) in [5, 5.41) is 17.5. The maximum atomic E-state index is 13.8. The molecule has 1 amide bonds. The van der Waals surface area contributed by atoms with Crippen molar-refractivity contribution in [1.82, 2.24) is 20.1 Å². The van der Waals surface area contributed by atoms with Crippen molar-refractivity contribution in [1.29, 1.82) is 0 Å². The second-order valence-electron chi connectivity index (χ2n) is 7.66. The van der Waals surface area contributed by atoms with Gasteiger partial charge in [0.2, 0.25) is 0 Å². The van der Waals surface area contributed by atoms with Crippen LogP contribution in [0.15, 0.2) is 61.1 Å². The first-order valence-corrected chi connectivity index (χ1v) is 10.7. The third-order valence-corrected chi connectivity index (χ3v) is 5.60. The van der Waals surface area contributed by atoms with Gasteiger partial charge in [0.1, 0.15) is 11.6 Å². The highest BCUT2D eigenvalue weighted by molar-refractivity contribution is 5.96. The van der Waals surface area contributed by atoms with Crippen LogP contribution in [0.4, 0.5) is 4.39 Å². The van der Waals surface area contributed by atoms with Crippen molar-refractivity contribution in [2.24, 2.45) is 0 Å². The number of nitrogens with zero attached hydrogens (tertiary/aromatic N) is 3. The highest BCUT2D eigenvalue weighted by atomic mass is 19.1. The van der Waals surface area contributed by atoms with Crippen molar-refractivity contribution < 1.29 is 19.0 Å². The fourth-order valence-corrected chi connectivity index (χ4v) is 3.99. The minimum atomic E-state index is -0.419. The van der Waals surface area contributed by atoms with Crippen LogP contribution in [-0.4, -0.2) is 51.4 Å². The summed E-state index contributed by atoms with van der Waals surface area (Å²) in [6.07, 6.45) is 5.38. The van der Waals surface area contributed by atoms with E-state index in [0.717, 1.165) is 16.5 Å². The zero-order valence-corrected chi connectivity index (χ0v) is 18.5. The minimum Gasteiger partial charge on any atom is -0.493 e. The average molecular weight is 448 g/mol. The molecule has 0 aliphatic rings. The van der Waals surface area contributed by atoms with Gasteiger partial charge in [0.15, 0.2) is 0 Å². The molecule has 1 atom stereocenters. The van der Waals surface area contributed by atoms with Gasteiger partial charge in [-0.05, 0) is 49.2 Å². The zero-order valence-electron chi connectivity index (χ0n) is 18.5. The number of H-pyrrole nitrogens is 1. The minimum absolute atomic E-state index is 0.102. The fourth-order valence-electron chi connectivity index (χ4n) is 3.99. The number of hydrogen-bond acceptors (Lipinski definition) is 5. The summed E-state index contributed by atoms with van der Waals surface area (Å²) < 4.78 is 19.5. The van der Waals surface area contributed by atoms with E-state index < -0.39 is 6.04 Å². The van der Waals surface area contributed by atoms with E-state index in [0.29, 0.717) is 35.5 Å². The Hall–Kier alpha value is -3.78. The Balaban J connectivity index is 1.69. The molecule has 33 heavy (non-hydrogen) atoms. The van der Waals surface area contributed by atoms with Crippen molar-refractivity contribution in [2.45, 2.75) is 19.4 Å². The molecule has 4 aromatic rings. The van der Waals surface area contributed by atoms with Gasteiger partial charge in [0.05, 0.1) is 24.4 Å². The van der Waals surface area contributed by atoms with E-state index in [4.69, 9.17) is 4.74 Å². The second-order valence-corrected chi connectivity index (χ2v) is 7.66. The molecule has 0 aliphatic carbocycles. The number of aliphatic hydroxyl groups is 1. The maximum Gasteiger partial charge on any atom is 0.254 e. The summed E-state index contributed by atoms with van der Waals surface area (Å²) >= 11 is 0. The third-order valence-electron chi connectivity index (χ3n) is 5.60. The molecular formula is C25H25FN4O3. The van der Waals surface area contributed by atoms with Crippen LogP contribution in [-0.2, 0) is 0 Å². The molecule has 170 valence electrons. The fraction of sp³-hybridized carbons (Fsp3) is 0.240. The molecule has 0 radical (unpaired) electrons. The predicted molar refractivity (Wildman–Crippen MR) is 123 cm³/mol. The summed E-state index contributed by atoms with van der Waals surface area (Å²) in [6, 6.07) is 11.0. The lowest BCUT2D eigenvalue weighted by Gasteiger charge is -2.28. The first-order chi connectivity index (χ1) is 16.0. The Morgan fingerprint density at radius 1 is 1.21 bits per heavy atom. The summed E-state index contributed by atoms with van der Waals surface area (Å²) in [4.78, 5) is 19.3. The number of hydrogen-bond donors (Lipinski definition) is 2. The van der Waals surface area contributed by atoms with Crippen molar-refractivity contribution >= 4 is 16.8 Å². The van der Waals surface area contributed by atoms with Gasteiger partial charge in [0, 0.05) is 48.1 Å². The lowest BCUT2D eigenvalue weighted by molar-refractivity contribution is 0.0705. The van der Waals surface area contributed by atoms with E-state index in [1.54, 1.807) is 60.9 Å². The number of aromatic nitrogens is 3. The Kier molecular flexibility index (Phi) is 6.65. The van der Waals surface area contributed by atoms with E-state index >= 15 is 0 Å². The van der Waals surface area contributed by atoms with Crippen LogP contribution in [0, 0.1) is 5.82 Å². The number of rotatable bonds is 8. The Morgan fingerprint density at radius 2 is 2.06 bits per heavy atom. The first-order valence-electron chi connectivity index (χ1n) is 10.7. The lowest BCUT2D eigenvalue weighted by Crippen LogP contribution is -2.32. The number of pyridine rings is 1. The van der Waals surface area contributed by atoms with Gasteiger partial charge in [-0.25, -0.2) is 4.39 Å². The van der Waals surface area contributed by atoms with Crippen molar-refractivity contribution in [2.75, 3.05) is 20.3 Å². The van der Waals surface area contributed by atoms with Crippen LogP contribution in [0.3, 0.4) is 0 Å². The average Bonchev–Trinajstić information content (AvgIpc) is 3.31. The molecule has 2 N–H and O–H groups in total. The molecule has 7 nitrogen and oxygen atoms in total. The van der Waals surface area contributed by atoms with Gasteiger partial charge < -0.3 is 14.7 Å². The molecule has 0 spiro atoms. The molecule has 0 bridgehead atoms. The van der Waals surface area contributed by atoms with Gasteiger partial charge >= 0.3 is 0 Å². The van der Waals surface area contributed by atoms with Crippen LogP contribution < -0.4 is 4.74 Å². The quantitative estimate of drug-likeness (QED) is 0.418. The molecule has 4 rings (SSSR count). The van der Waals surface area contributed by atoms with Gasteiger partial charge in [-0.3, -0.25) is 14.9 Å². The summed E-state index contributed by atoms with van der Waals surface area (Å²) in [5.74, 6) is -0.0848. The molecule has 2 aromatic carbocycles. The number of aliphatic hydroxyl groups excluding tert-OH is 1. The molecule has 0 saturated carbocycles. The highest BCUT2D eigenvalue weighted by Gasteiger charge is 2.26. The van der Waals surface area contributed by atoms with Gasteiger partial charge in [-0.2, -0.15) is 5.10 Å². The Labute approximate surface area is 190 Å². The van der Waals surface area contributed by atoms with Crippen molar-refractivity contribution in [3.63, 3.8) is 0 Å². The van der Waals surface area contributed by atoms with E-state index in [9.17, 15) is 14.3 Å². The van der Waals surface area contributed by atoms with Crippen LogP contribution in [0.5, 0.6) is 5.75 Å². The molecular weight excluding hydrogens is 423 g/mol. The number of halogens is 1. The Morgan fingerprint density at radius 3 is 2.82 bits per heavy atom. The van der Waals surface area contributed by atoms with Crippen LogP contribution >= 0.6 is 0 Å². The van der Waals surface area contributed by atoms with Gasteiger partial charge in [-0.1, -0.05) is 12.1 Å². The standard InChI is InChI=1S/C25H25FN4O3/c1-3-33-23-12-17(7-8-20(23)16-5-4-6-19(26)11-16)25(32)30(2)22(9-10-31)21-15-27-13-18-14-28-29-24(18)21/h4-8,11-15,22,31H,3,9-10H2,1-2H3,(H,28,29)/t22-/m1/s1. The number of carbonyl (C=O) groups excluding carboxylic acids is 1. The van der Waals surface area contributed by atoms with Gasteiger partial charge in [-0.15, -0.1) is 0 Å². The number of ether oxygens (including phenoxy) is 1. The monoisotopic (exact) mass is 448 g/mol. The van der Waals surface area contributed by atoms with Crippen LogP contribution in [0.1, 0.15) is 35.3 Å². The molecule has 0 saturated heterocycles. The lowest BCUT2D eigenvalue weighted by atomic mass is 9.99. The normalized spacial score (nSPS) is 12.0. The molecule has 0 unspecified atom stereocenters. The number of amides is 1. The highest BCUT2D eigenvalue weighted by Crippen LogP contribution is 2.34. The molecule has 2 heterocycles. The van der Waals surface area contributed by atoms with Crippen molar-refractivity contribution in [3.05, 3.63) is 78.0 Å². The second kappa shape index (κ2) is 9.79. The van der Waals surface area contributed by atoms with E-state index in [1.165, 1.54) is 12.1 Å². The van der Waals surface area contributed by atoms with E-state index in [-0.39, 0.29) is 18.3 Å². The number of fused-ring (bicyclic) bond motifs is 1. The summed E-state index contributed by atoms with van der Waals surface area (Å²) in [5.41, 5.74) is 3.35. The smallest absolute Gasteiger partial charge is 0.254 e. The largest absolute Gasteiger partial charge is 0.493 e. The SMILES string of the molecule is CCOc1cc(C(=O)N(C)[C@H](CCO)c2cncc3cn[nH]c23)ccc1-c1cccc(F)c1. The molecule has 8 heteroatoms. The molecule has 2 aromatic heterocycles.